The van der Waals surface area contributed by atoms with Crippen LogP contribution in [0.3, 0.4) is 0 Å². The quantitative estimate of drug-likeness (QED) is 0.0479. The van der Waals surface area contributed by atoms with Gasteiger partial charge in [0.2, 0.25) is 11.8 Å². The first-order valence-electron chi connectivity index (χ1n) is 26.1. The third-order valence-electron chi connectivity index (χ3n) is 14.9. The summed E-state index contributed by atoms with van der Waals surface area (Å²) in [6.45, 7) is 0.541. The van der Waals surface area contributed by atoms with Crippen LogP contribution in [0.25, 0.3) is 0 Å². The maximum absolute atomic E-state index is 12.6. The van der Waals surface area contributed by atoms with E-state index in [1.807, 2.05) is 0 Å². The summed E-state index contributed by atoms with van der Waals surface area (Å²) in [7, 11) is 0. The molecule has 6 aliphatic heterocycles. The standard InChI is InChI=1S/C46H80N2O33/c1-11-22(56)29(63)33(67)42(71-11)78-37-21(48-15(5)54)41(74-19(8-51)27(37)61)70-10-17(55)25(59)36(16(6-49)47-14(4)53)77-46-40(81-44-35(69)31(65)24(58)13(3)73-44)38(28(62)20(9-52)76-46)79-45-39(32(66)26(60)18(7-50)75-45)80-43-34(68)30(64)23(57)12(2)72-43/h11-13,16-46,49-52,55-69H,6-10H2,1-5H3,(H,47,53)(H,48,54)/t11-,12-,13-,16+,17-,18-,19-,20-,21-,22+,23+,24+,25+,26+,27-,28+,29+,30+,31+,32+,33-,34-,35-,36-,37-,38+,39-,40-,41-,42-,43-,44-,45+,46+/m1/s1. The first kappa shape index (κ1) is 67.8. The Bertz CT molecular complexity index is 1960. The second-order valence-corrected chi connectivity index (χ2v) is 20.8. The molecular formula is C46H80N2O33. The number of ether oxygens (including phenoxy) is 12. The molecule has 0 spiro atoms. The smallest absolute Gasteiger partial charge is 0.217 e. The van der Waals surface area contributed by atoms with Crippen LogP contribution in [-0.2, 0) is 66.4 Å². The van der Waals surface area contributed by atoms with Gasteiger partial charge in [-0.05, 0) is 20.8 Å². The van der Waals surface area contributed by atoms with E-state index in [1.54, 1.807) is 0 Å². The molecule has 6 heterocycles. The van der Waals surface area contributed by atoms with Crippen molar-refractivity contribution < 1.29 is 163 Å². The lowest BCUT2D eigenvalue weighted by atomic mass is 9.95. The fraction of sp³-hybridized carbons (Fsp3) is 0.957. The van der Waals surface area contributed by atoms with Gasteiger partial charge < -0.3 is 164 Å². The molecule has 21 N–H and O–H groups in total. The van der Waals surface area contributed by atoms with Crippen LogP contribution in [0.1, 0.15) is 34.6 Å². The summed E-state index contributed by atoms with van der Waals surface area (Å²) in [4.78, 5) is 25.2. The minimum absolute atomic E-state index is 0.805. The fourth-order valence-electron chi connectivity index (χ4n) is 10.1. The summed E-state index contributed by atoms with van der Waals surface area (Å²) in [6.07, 6.45) is -61.1. The summed E-state index contributed by atoms with van der Waals surface area (Å²) >= 11 is 0. The van der Waals surface area contributed by atoms with Crippen molar-refractivity contribution in [1.82, 2.24) is 10.6 Å². The number of aliphatic hydroxyl groups excluding tert-OH is 19. The Hall–Kier alpha value is -2.30. The molecule has 0 radical (unpaired) electrons. The molecule has 0 saturated carbocycles. The molecule has 6 rings (SSSR count). The van der Waals surface area contributed by atoms with Gasteiger partial charge in [0.25, 0.3) is 0 Å². The molecule has 472 valence electrons. The van der Waals surface area contributed by atoms with E-state index < -0.39 is 253 Å². The van der Waals surface area contributed by atoms with Crippen molar-refractivity contribution in [3.05, 3.63) is 0 Å². The van der Waals surface area contributed by atoms with Crippen LogP contribution in [0.4, 0.5) is 0 Å². The fourth-order valence-corrected chi connectivity index (χ4v) is 10.1. The van der Waals surface area contributed by atoms with Gasteiger partial charge in [-0.25, -0.2) is 0 Å². The Balaban J connectivity index is 1.35. The molecule has 2 amide bonds. The minimum atomic E-state index is -2.42. The van der Waals surface area contributed by atoms with E-state index in [9.17, 15) is 107 Å². The number of aliphatic hydroxyl groups is 19. The van der Waals surface area contributed by atoms with E-state index in [0.29, 0.717) is 0 Å². The van der Waals surface area contributed by atoms with Gasteiger partial charge in [0, 0.05) is 13.8 Å². The van der Waals surface area contributed by atoms with Crippen LogP contribution in [-0.4, -0.2) is 350 Å². The van der Waals surface area contributed by atoms with Crippen molar-refractivity contribution in [1.29, 1.82) is 0 Å². The van der Waals surface area contributed by atoms with Crippen molar-refractivity contribution in [2.45, 2.75) is 243 Å². The molecule has 0 unspecified atom stereocenters. The number of hydrogen-bond acceptors (Lipinski definition) is 33. The van der Waals surface area contributed by atoms with Crippen molar-refractivity contribution in [2.24, 2.45) is 0 Å². The van der Waals surface area contributed by atoms with Gasteiger partial charge in [-0.15, -0.1) is 0 Å². The molecule has 0 aromatic rings. The van der Waals surface area contributed by atoms with Gasteiger partial charge >= 0.3 is 0 Å². The highest BCUT2D eigenvalue weighted by molar-refractivity contribution is 5.73. The summed E-state index contributed by atoms with van der Waals surface area (Å²) in [6, 6.07) is -3.44. The Labute approximate surface area is 461 Å². The largest absolute Gasteiger partial charge is 0.394 e. The average molecular weight is 1190 g/mol. The molecule has 35 heteroatoms. The van der Waals surface area contributed by atoms with Crippen molar-refractivity contribution >= 4 is 11.8 Å². The lowest BCUT2D eigenvalue weighted by Gasteiger charge is -2.50. The van der Waals surface area contributed by atoms with E-state index in [1.165, 1.54) is 20.8 Å². The lowest BCUT2D eigenvalue weighted by Crippen LogP contribution is -2.69. The van der Waals surface area contributed by atoms with E-state index >= 15 is 0 Å². The minimum Gasteiger partial charge on any atom is -0.394 e. The zero-order valence-corrected chi connectivity index (χ0v) is 44.4. The number of hydrogen-bond donors (Lipinski definition) is 21. The molecule has 0 aliphatic carbocycles. The van der Waals surface area contributed by atoms with Crippen LogP contribution in [0.2, 0.25) is 0 Å². The Morgan fingerprint density at radius 3 is 1.30 bits per heavy atom. The van der Waals surface area contributed by atoms with E-state index in [4.69, 9.17) is 56.8 Å². The molecular weight excluding hydrogens is 1110 g/mol. The van der Waals surface area contributed by atoms with Crippen LogP contribution in [0.15, 0.2) is 0 Å². The number of nitrogens with one attached hydrogen (secondary N) is 2. The third-order valence-corrected chi connectivity index (χ3v) is 14.9. The average Bonchev–Trinajstić information content (AvgIpc) is 3.58. The van der Waals surface area contributed by atoms with Crippen LogP contribution in [0, 0.1) is 0 Å². The Morgan fingerprint density at radius 1 is 0.444 bits per heavy atom. The second-order valence-electron chi connectivity index (χ2n) is 20.8. The van der Waals surface area contributed by atoms with Crippen molar-refractivity contribution in [3.63, 3.8) is 0 Å². The highest BCUT2D eigenvalue weighted by Gasteiger charge is 2.58. The summed E-state index contributed by atoms with van der Waals surface area (Å²) in [5.41, 5.74) is 0. The molecule has 6 aliphatic rings. The summed E-state index contributed by atoms with van der Waals surface area (Å²) < 4.78 is 70.2. The summed E-state index contributed by atoms with van der Waals surface area (Å²) in [5, 5.41) is 211. The molecule has 6 saturated heterocycles. The maximum Gasteiger partial charge on any atom is 0.217 e. The van der Waals surface area contributed by atoms with E-state index in [-0.39, 0.29) is 0 Å². The number of carbonyl (C=O) groups is 2. The van der Waals surface area contributed by atoms with Crippen molar-refractivity contribution in [2.75, 3.05) is 33.0 Å². The molecule has 81 heavy (non-hydrogen) atoms. The van der Waals surface area contributed by atoms with Crippen LogP contribution < -0.4 is 10.6 Å². The zero-order chi connectivity index (χ0) is 60.2. The Kier molecular flexibility index (Phi) is 24.6. The first-order chi connectivity index (χ1) is 38.1. The van der Waals surface area contributed by atoms with Gasteiger partial charge in [-0.1, -0.05) is 0 Å². The van der Waals surface area contributed by atoms with E-state index in [0.717, 1.165) is 13.8 Å². The maximum atomic E-state index is 12.6. The first-order valence-corrected chi connectivity index (χ1v) is 26.1. The lowest BCUT2D eigenvalue weighted by molar-refractivity contribution is -0.407. The van der Waals surface area contributed by atoms with Gasteiger partial charge in [0.1, 0.15) is 146 Å². The molecule has 34 atom stereocenters. The highest BCUT2D eigenvalue weighted by Crippen LogP contribution is 2.37. The van der Waals surface area contributed by atoms with Gasteiger partial charge in [0.05, 0.1) is 57.4 Å². The van der Waals surface area contributed by atoms with Crippen LogP contribution in [0.5, 0.6) is 0 Å². The van der Waals surface area contributed by atoms with Crippen molar-refractivity contribution in [3.8, 4) is 0 Å². The SMILES string of the molecule is CC(=O)N[C@H]1[C@H](OC[C@@H](O)[C@H](O)[C@H](O[C@@H]2O[C@H](CO)[C@H](O)[C@H](O[C@@H]3O[C@H](CO)[C@H](O)[C@H](O)[C@H]3O[C@H]3O[C@H](C)[C@H](O)[C@H](O)[C@H]3O)[C@H]2O[C@H]2O[C@H](C)[C@H](O)[C@H](O)[C@H]2O)[C@H](CO)NC(C)=O)O[C@H](CO)[C@@H](O)[C@@H]1O[C@H]1O[C@H](C)[C@H](O)[C@H](O)[C@H]1O. The zero-order valence-electron chi connectivity index (χ0n) is 44.4. The second kappa shape index (κ2) is 29.4. The van der Waals surface area contributed by atoms with Gasteiger partial charge in [-0.2, -0.15) is 0 Å². The Morgan fingerprint density at radius 2 is 0.852 bits per heavy atom. The topological polar surface area (TPSA) is 553 Å². The third kappa shape index (κ3) is 15.3. The molecule has 35 nitrogen and oxygen atoms in total. The van der Waals surface area contributed by atoms with Gasteiger partial charge in [-0.3, -0.25) is 9.59 Å². The van der Waals surface area contributed by atoms with E-state index in [2.05, 4.69) is 10.6 Å². The number of rotatable bonds is 22. The predicted molar refractivity (Wildman–Crippen MR) is 253 cm³/mol. The summed E-state index contributed by atoms with van der Waals surface area (Å²) in [5.74, 6) is -1.69. The predicted octanol–water partition coefficient (Wildman–Crippen LogP) is -13.3. The molecule has 0 bridgehead atoms. The molecule has 0 aromatic carbocycles. The van der Waals surface area contributed by atoms with Gasteiger partial charge in [0.15, 0.2) is 37.7 Å². The normalized spacial score (nSPS) is 47.7. The molecule has 6 fully saturated rings. The van der Waals surface area contributed by atoms with Crippen LogP contribution >= 0.6 is 0 Å². The number of amides is 2. The molecule has 0 aromatic heterocycles. The monoisotopic (exact) mass is 1190 g/mol. The highest BCUT2D eigenvalue weighted by atomic mass is 16.8. The number of carbonyl (C=O) groups excluding carboxylic acids is 2.